The molecular formula is C15H24N2S. The molecule has 2 aliphatic rings. The van der Waals surface area contributed by atoms with Crippen molar-refractivity contribution in [2.45, 2.75) is 63.7 Å². The minimum atomic E-state index is 0.573. The van der Waals surface area contributed by atoms with E-state index < -0.39 is 0 Å². The zero-order valence-electron chi connectivity index (χ0n) is 11.4. The summed E-state index contributed by atoms with van der Waals surface area (Å²) in [4.78, 5) is 2.72. The Morgan fingerprint density at radius 2 is 2.11 bits per heavy atom. The summed E-state index contributed by atoms with van der Waals surface area (Å²) >= 11 is 1.82. The molecule has 2 bridgehead atoms. The van der Waals surface area contributed by atoms with Crippen LogP contribution in [0.4, 0.5) is 0 Å². The fourth-order valence-corrected chi connectivity index (χ4v) is 4.60. The standard InChI is InChI=1S/C15H24N2S/c1-3-17(11(2)12-6-7-18-10-12)15-8-13-4-5-14(9-15)16-13/h6-7,10-11,13-16H,3-5,8-9H2,1-2H3. The van der Waals surface area contributed by atoms with Gasteiger partial charge in [0.25, 0.3) is 0 Å². The van der Waals surface area contributed by atoms with Crippen LogP contribution in [0.5, 0.6) is 0 Å². The third kappa shape index (κ3) is 2.36. The second-order valence-electron chi connectivity index (χ2n) is 5.83. The Hall–Kier alpha value is -0.380. The summed E-state index contributed by atoms with van der Waals surface area (Å²) in [6, 6.07) is 5.22. The van der Waals surface area contributed by atoms with E-state index >= 15 is 0 Å². The van der Waals surface area contributed by atoms with Gasteiger partial charge in [0.2, 0.25) is 0 Å². The fraction of sp³-hybridized carbons (Fsp3) is 0.733. The molecule has 3 rings (SSSR count). The van der Waals surface area contributed by atoms with Gasteiger partial charge in [-0.05, 0) is 61.5 Å². The lowest BCUT2D eigenvalue weighted by atomic mass is 9.96. The molecule has 18 heavy (non-hydrogen) atoms. The van der Waals surface area contributed by atoms with Crippen molar-refractivity contribution in [1.29, 1.82) is 0 Å². The van der Waals surface area contributed by atoms with E-state index in [1.165, 1.54) is 37.8 Å². The minimum absolute atomic E-state index is 0.573. The maximum Gasteiger partial charge on any atom is 0.0330 e. The van der Waals surface area contributed by atoms with Gasteiger partial charge >= 0.3 is 0 Å². The molecule has 3 heteroatoms. The molecule has 2 aliphatic heterocycles. The van der Waals surface area contributed by atoms with Crippen LogP contribution in [0, 0.1) is 0 Å². The number of rotatable bonds is 4. The highest BCUT2D eigenvalue weighted by atomic mass is 32.1. The number of hydrogen-bond donors (Lipinski definition) is 1. The Kier molecular flexibility index (Phi) is 3.73. The minimum Gasteiger partial charge on any atom is -0.311 e. The second kappa shape index (κ2) is 5.32. The van der Waals surface area contributed by atoms with Crippen molar-refractivity contribution in [2.24, 2.45) is 0 Å². The van der Waals surface area contributed by atoms with Gasteiger partial charge in [-0.3, -0.25) is 4.90 Å². The molecule has 3 atom stereocenters. The van der Waals surface area contributed by atoms with Crippen molar-refractivity contribution < 1.29 is 0 Å². The first-order valence-corrected chi connectivity index (χ1v) is 8.26. The molecule has 3 unspecified atom stereocenters. The van der Waals surface area contributed by atoms with Crippen LogP contribution in [-0.4, -0.2) is 29.6 Å². The number of hydrogen-bond acceptors (Lipinski definition) is 3. The summed E-state index contributed by atoms with van der Waals surface area (Å²) in [5.74, 6) is 0. The summed E-state index contributed by atoms with van der Waals surface area (Å²) in [7, 11) is 0. The molecule has 2 nitrogen and oxygen atoms in total. The van der Waals surface area contributed by atoms with Gasteiger partial charge in [0.15, 0.2) is 0 Å². The number of thiophene rings is 1. The van der Waals surface area contributed by atoms with E-state index in [0.717, 1.165) is 18.1 Å². The maximum atomic E-state index is 3.75. The average molecular weight is 264 g/mol. The number of nitrogens with one attached hydrogen (secondary N) is 1. The van der Waals surface area contributed by atoms with Crippen LogP contribution in [0.3, 0.4) is 0 Å². The van der Waals surface area contributed by atoms with Crippen LogP contribution in [0.25, 0.3) is 0 Å². The van der Waals surface area contributed by atoms with Crippen LogP contribution >= 0.6 is 11.3 Å². The first-order chi connectivity index (χ1) is 8.78. The van der Waals surface area contributed by atoms with Crippen molar-refractivity contribution in [2.75, 3.05) is 6.54 Å². The van der Waals surface area contributed by atoms with Crippen LogP contribution in [0.15, 0.2) is 16.8 Å². The lowest BCUT2D eigenvalue weighted by molar-refractivity contribution is 0.108. The first-order valence-electron chi connectivity index (χ1n) is 7.31. The van der Waals surface area contributed by atoms with Crippen molar-refractivity contribution in [3.05, 3.63) is 22.4 Å². The fourth-order valence-electron chi connectivity index (χ4n) is 3.85. The maximum absolute atomic E-state index is 3.75. The van der Waals surface area contributed by atoms with E-state index in [1.807, 2.05) is 11.3 Å². The molecule has 2 saturated heterocycles. The van der Waals surface area contributed by atoms with Crippen molar-refractivity contribution in [1.82, 2.24) is 10.2 Å². The highest BCUT2D eigenvalue weighted by molar-refractivity contribution is 7.07. The molecule has 3 heterocycles. The summed E-state index contributed by atoms with van der Waals surface area (Å²) in [5.41, 5.74) is 1.49. The molecule has 0 radical (unpaired) electrons. The quantitative estimate of drug-likeness (QED) is 0.896. The van der Waals surface area contributed by atoms with Gasteiger partial charge in [0.05, 0.1) is 0 Å². The molecule has 0 aliphatic carbocycles. The Balaban J connectivity index is 1.72. The molecule has 2 fully saturated rings. The van der Waals surface area contributed by atoms with Crippen LogP contribution in [-0.2, 0) is 0 Å². The zero-order valence-corrected chi connectivity index (χ0v) is 12.2. The summed E-state index contributed by atoms with van der Waals surface area (Å²) < 4.78 is 0. The molecule has 0 spiro atoms. The predicted molar refractivity (Wildman–Crippen MR) is 78.1 cm³/mol. The molecule has 1 aromatic rings. The summed E-state index contributed by atoms with van der Waals surface area (Å²) in [6.45, 7) is 5.85. The van der Waals surface area contributed by atoms with Gasteiger partial charge < -0.3 is 5.32 Å². The molecule has 1 aromatic heterocycles. The third-order valence-electron chi connectivity index (χ3n) is 4.81. The smallest absolute Gasteiger partial charge is 0.0330 e. The van der Waals surface area contributed by atoms with Gasteiger partial charge in [0, 0.05) is 24.2 Å². The summed E-state index contributed by atoms with van der Waals surface area (Å²) in [6.07, 6.45) is 5.48. The van der Waals surface area contributed by atoms with Crippen molar-refractivity contribution >= 4 is 11.3 Å². The molecule has 0 saturated carbocycles. The van der Waals surface area contributed by atoms with E-state index in [0.29, 0.717) is 6.04 Å². The third-order valence-corrected chi connectivity index (χ3v) is 5.51. The van der Waals surface area contributed by atoms with Crippen molar-refractivity contribution in [3.63, 3.8) is 0 Å². The largest absolute Gasteiger partial charge is 0.311 e. The number of piperidine rings is 1. The van der Waals surface area contributed by atoms with Crippen LogP contribution in [0.2, 0.25) is 0 Å². The van der Waals surface area contributed by atoms with Crippen LogP contribution < -0.4 is 5.32 Å². The van der Waals surface area contributed by atoms with E-state index in [-0.39, 0.29) is 0 Å². The highest BCUT2D eigenvalue weighted by Gasteiger charge is 2.37. The molecule has 1 N–H and O–H groups in total. The molecular weight excluding hydrogens is 240 g/mol. The first kappa shape index (κ1) is 12.6. The predicted octanol–water partition coefficient (Wildman–Crippen LogP) is 3.41. The Morgan fingerprint density at radius 3 is 2.67 bits per heavy atom. The van der Waals surface area contributed by atoms with E-state index in [2.05, 4.69) is 40.9 Å². The number of fused-ring (bicyclic) bond motifs is 2. The monoisotopic (exact) mass is 264 g/mol. The summed E-state index contributed by atoms with van der Waals surface area (Å²) in [5, 5.41) is 8.26. The van der Waals surface area contributed by atoms with Gasteiger partial charge in [-0.15, -0.1) is 0 Å². The Bertz CT molecular complexity index is 364. The SMILES string of the molecule is CCN(C1CC2CCC(C1)N2)C(C)c1ccsc1. The number of nitrogens with zero attached hydrogens (tertiary/aromatic N) is 1. The van der Waals surface area contributed by atoms with Gasteiger partial charge in [0.1, 0.15) is 0 Å². The van der Waals surface area contributed by atoms with Crippen LogP contribution in [0.1, 0.15) is 51.1 Å². The topological polar surface area (TPSA) is 15.3 Å². The highest BCUT2D eigenvalue weighted by Crippen LogP contribution is 2.34. The lowest BCUT2D eigenvalue weighted by Gasteiger charge is -2.40. The van der Waals surface area contributed by atoms with E-state index in [1.54, 1.807) is 0 Å². The Labute approximate surface area is 114 Å². The van der Waals surface area contributed by atoms with Gasteiger partial charge in [-0.2, -0.15) is 11.3 Å². The normalized spacial score (nSPS) is 32.9. The van der Waals surface area contributed by atoms with E-state index in [9.17, 15) is 0 Å². The zero-order chi connectivity index (χ0) is 12.5. The van der Waals surface area contributed by atoms with E-state index in [4.69, 9.17) is 0 Å². The molecule has 0 aromatic carbocycles. The van der Waals surface area contributed by atoms with Gasteiger partial charge in [-0.1, -0.05) is 6.92 Å². The average Bonchev–Trinajstić information content (AvgIpc) is 3.00. The molecule has 100 valence electrons. The Morgan fingerprint density at radius 1 is 1.39 bits per heavy atom. The second-order valence-corrected chi connectivity index (χ2v) is 6.61. The molecule has 0 amide bonds. The lowest BCUT2D eigenvalue weighted by Crippen LogP contribution is -2.48. The van der Waals surface area contributed by atoms with Crippen molar-refractivity contribution in [3.8, 4) is 0 Å². The van der Waals surface area contributed by atoms with Gasteiger partial charge in [-0.25, -0.2) is 0 Å².